The summed E-state index contributed by atoms with van der Waals surface area (Å²) >= 11 is 6.40. The zero-order valence-corrected chi connectivity index (χ0v) is 17.3. The number of carbonyl (C=O) groups excluding carboxylic acids is 1. The molecule has 7 heteroatoms. The molecular weight excluding hydrogens is 387 g/mol. The monoisotopic (exact) mass is 412 g/mol. The van der Waals surface area contributed by atoms with Gasteiger partial charge in [0.1, 0.15) is 5.75 Å². The summed E-state index contributed by atoms with van der Waals surface area (Å²) in [5.74, 6) is 0.612. The van der Waals surface area contributed by atoms with Crippen LogP contribution in [0, 0.1) is 6.92 Å². The second-order valence-corrected chi connectivity index (χ2v) is 6.45. The van der Waals surface area contributed by atoms with Crippen LogP contribution in [0.15, 0.2) is 42.5 Å². The average molecular weight is 413 g/mol. The quantitative estimate of drug-likeness (QED) is 0.693. The van der Waals surface area contributed by atoms with E-state index in [1.807, 2.05) is 49.4 Å². The third-order valence-electron chi connectivity index (χ3n) is 4.32. The Bertz CT molecular complexity index is 752. The largest absolute Gasteiger partial charge is 0.497 e. The number of nitrogens with one attached hydrogen (secondary N) is 1. The lowest BCUT2D eigenvalue weighted by Gasteiger charge is -2.24. The first kappa shape index (κ1) is 23.2. The van der Waals surface area contributed by atoms with Gasteiger partial charge in [-0.3, -0.25) is 4.79 Å². The van der Waals surface area contributed by atoms with Crippen LogP contribution in [0.1, 0.15) is 29.2 Å². The van der Waals surface area contributed by atoms with Gasteiger partial charge in [0.25, 0.3) is 0 Å². The predicted molar refractivity (Wildman–Crippen MR) is 111 cm³/mol. The number of nitrogens with two attached hydrogens (primary N) is 1. The summed E-state index contributed by atoms with van der Waals surface area (Å²) < 4.78 is 10.5. The summed E-state index contributed by atoms with van der Waals surface area (Å²) in [5, 5.41) is 3.66. The van der Waals surface area contributed by atoms with Crippen molar-refractivity contribution in [1.29, 1.82) is 0 Å². The summed E-state index contributed by atoms with van der Waals surface area (Å²) in [4.78, 5) is 12.6. The summed E-state index contributed by atoms with van der Waals surface area (Å²) in [5.41, 5.74) is 8.41. The van der Waals surface area contributed by atoms with E-state index in [-0.39, 0.29) is 43.4 Å². The van der Waals surface area contributed by atoms with Gasteiger partial charge >= 0.3 is 0 Å². The van der Waals surface area contributed by atoms with Crippen LogP contribution in [0.2, 0.25) is 5.02 Å². The molecule has 0 aliphatic heterocycles. The maximum absolute atomic E-state index is 12.6. The van der Waals surface area contributed by atoms with Gasteiger partial charge in [0, 0.05) is 18.7 Å². The van der Waals surface area contributed by atoms with E-state index in [2.05, 4.69) is 5.32 Å². The molecule has 3 N–H and O–H groups in total. The van der Waals surface area contributed by atoms with Crippen molar-refractivity contribution in [3.05, 3.63) is 64.2 Å². The SMILES string of the molecule is COc1ccc(C(NC(=O)CC(CN)OC)c2ccccc2Cl)c(C)c1.Cl. The summed E-state index contributed by atoms with van der Waals surface area (Å²) in [6.07, 6.45) is -0.137. The molecule has 148 valence electrons. The Balaban J connectivity index is 0.00000364. The predicted octanol–water partition coefficient (Wildman–Crippen LogP) is 3.65. The molecule has 2 aromatic rings. The number of ether oxygens (including phenoxy) is 2. The average Bonchev–Trinajstić information content (AvgIpc) is 2.65. The van der Waals surface area contributed by atoms with Gasteiger partial charge in [-0.15, -0.1) is 12.4 Å². The highest BCUT2D eigenvalue weighted by molar-refractivity contribution is 6.31. The van der Waals surface area contributed by atoms with E-state index in [1.54, 1.807) is 14.2 Å². The van der Waals surface area contributed by atoms with E-state index in [1.165, 1.54) is 0 Å². The molecule has 0 spiro atoms. The third kappa shape index (κ3) is 6.11. The number of carbonyl (C=O) groups is 1. The molecule has 0 bridgehead atoms. The van der Waals surface area contributed by atoms with Crippen molar-refractivity contribution in [1.82, 2.24) is 5.32 Å². The van der Waals surface area contributed by atoms with Crippen LogP contribution in [0.25, 0.3) is 0 Å². The van der Waals surface area contributed by atoms with Gasteiger partial charge in [-0.2, -0.15) is 0 Å². The van der Waals surface area contributed by atoms with Gasteiger partial charge in [0.15, 0.2) is 0 Å². The Labute approximate surface area is 171 Å². The summed E-state index contributed by atoms with van der Waals surface area (Å²) in [6, 6.07) is 12.9. The molecule has 27 heavy (non-hydrogen) atoms. The Morgan fingerprint density at radius 1 is 1.19 bits per heavy atom. The number of hydrogen-bond acceptors (Lipinski definition) is 4. The Kier molecular flexibility index (Phi) is 9.60. The Morgan fingerprint density at radius 3 is 2.44 bits per heavy atom. The number of aryl methyl sites for hydroxylation is 1. The fraction of sp³-hybridized carbons (Fsp3) is 0.350. The lowest BCUT2D eigenvalue weighted by atomic mass is 9.94. The first-order valence-corrected chi connectivity index (χ1v) is 8.79. The van der Waals surface area contributed by atoms with Crippen LogP contribution in [-0.2, 0) is 9.53 Å². The van der Waals surface area contributed by atoms with Crippen molar-refractivity contribution < 1.29 is 14.3 Å². The van der Waals surface area contributed by atoms with Gasteiger partial charge in [0.05, 0.1) is 25.7 Å². The molecular formula is C20H26Cl2N2O3. The standard InChI is InChI=1S/C20H25ClN2O3.ClH/c1-13-10-14(25-2)8-9-16(13)20(17-6-4-5-7-18(17)21)23-19(24)11-15(12-22)26-3;/h4-10,15,20H,11-12,22H2,1-3H3,(H,23,24);1H. The fourth-order valence-electron chi connectivity index (χ4n) is 2.82. The minimum atomic E-state index is -0.377. The zero-order chi connectivity index (χ0) is 19.1. The van der Waals surface area contributed by atoms with Crippen LogP contribution in [0.4, 0.5) is 0 Å². The number of methoxy groups -OCH3 is 2. The van der Waals surface area contributed by atoms with E-state index >= 15 is 0 Å². The van der Waals surface area contributed by atoms with Crippen molar-refractivity contribution in [2.75, 3.05) is 20.8 Å². The molecule has 0 aromatic heterocycles. The summed E-state index contributed by atoms with van der Waals surface area (Å²) in [7, 11) is 3.17. The molecule has 2 rings (SSSR count). The maximum atomic E-state index is 12.6. The zero-order valence-electron chi connectivity index (χ0n) is 15.7. The molecule has 0 heterocycles. The molecule has 5 nitrogen and oxygen atoms in total. The Morgan fingerprint density at radius 2 is 1.89 bits per heavy atom. The number of amides is 1. The minimum Gasteiger partial charge on any atom is -0.497 e. The lowest BCUT2D eigenvalue weighted by Crippen LogP contribution is -2.35. The molecule has 0 aliphatic carbocycles. The van der Waals surface area contributed by atoms with E-state index in [0.717, 1.165) is 22.4 Å². The first-order valence-electron chi connectivity index (χ1n) is 8.41. The van der Waals surface area contributed by atoms with Crippen LogP contribution >= 0.6 is 24.0 Å². The van der Waals surface area contributed by atoms with Crippen molar-refractivity contribution in [2.24, 2.45) is 5.73 Å². The van der Waals surface area contributed by atoms with Crippen LogP contribution in [0.5, 0.6) is 5.75 Å². The molecule has 0 saturated heterocycles. The molecule has 2 unspecified atom stereocenters. The van der Waals surface area contributed by atoms with Gasteiger partial charge in [-0.1, -0.05) is 35.9 Å². The molecule has 2 aromatic carbocycles. The second-order valence-electron chi connectivity index (χ2n) is 6.04. The van der Waals surface area contributed by atoms with Crippen molar-refractivity contribution in [3.63, 3.8) is 0 Å². The van der Waals surface area contributed by atoms with E-state index < -0.39 is 0 Å². The number of hydrogen-bond donors (Lipinski definition) is 2. The number of rotatable bonds is 8. The molecule has 1 amide bonds. The first-order chi connectivity index (χ1) is 12.5. The fourth-order valence-corrected chi connectivity index (χ4v) is 3.07. The van der Waals surface area contributed by atoms with Crippen molar-refractivity contribution in [3.8, 4) is 5.75 Å². The molecule has 0 radical (unpaired) electrons. The highest BCUT2D eigenvalue weighted by Crippen LogP contribution is 2.31. The summed E-state index contributed by atoms with van der Waals surface area (Å²) in [6.45, 7) is 2.26. The highest BCUT2D eigenvalue weighted by Gasteiger charge is 2.22. The van der Waals surface area contributed by atoms with Crippen molar-refractivity contribution >= 4 is 29.9 Å². The third-order valence-corrected chi connectivity index (χ3v) is 4.66. The van der Waals surface area contributed by atoms with E-state index in [9.17, 15) is 4.79 Å². The normalized spacial score (nSPS) is 12.6. The second kappa shape index (κ2) is 11.1. The van der Waals surface area contributed by atoms with Gasteiger partial charge in [0.2, 0.25) is 5.91 Å². The van der Waals surface area contributed by atoms with Crippen LogP contribution in [-0.4, -0.2) is 32.8 Å². The minimum absolute atomic E-state index is 0. The lowest BCUT2D eigenvalue weighted by molar-refractivity contribution is -0.123. The van der Waals surface area contributed by atoms with Gasteiger partial charge in [-0.25, -0.2) is 0 Å². The van der Waals surface area contributed by atoms with Crippen molar-refractivity contribution in [2.45, 2.75) is 25.5 Å². The van der Waals surface area contributed by atoms with E-state index in [0.29, 0.717) is 5.02 Å². The van der Waals surface area contributed by atoms with Crippen LogP contribution < -0.4 is 15.8 Å². The molecule has 2 atom stereocenters. The maximum Gasteiger partial charge on any atom is 0.223 e. The highest BCUT2D eigenvalue weighted by atomic mass is 35.5. The Hall–Kier alpha value is -1.79. The van der Waals surface area contributed by atoms with Gasteiger partial charge in [-0.05, 0) is 41.8 Å². The van der Waals surface area contributed by atoms with Crippen LogP contribution in [0.3, 0.4) is 0 Å². The number of benzene rings is 2. The molecule has 0 fully saturated rings. The van der Waals surface area contributed by atoms with Gasteiger partial charge < -0.3 is 20.5 Å². The molecule has 0 saturated carbocycles. The smallest absolute Gasteiger partial charge is 0.223 e. The number of halogens is 2. The topological polar surface area (TPSA) is 73.6 Å². The van der Waals surface area contributed by atoms with E-state index in [4.69, 9.17) is 26.8 Å². The molecule has 0 aliphatic rings.